The maximum Gasteiger partial charge on any atom is 0.243 e. The Labute approximate surface area is 111 Å². The highest BCUT2D eigenvalue weighted by atomic mass is 35.5. The molecular weight excluding hydrogens is 254 g/mol. The Balaban J connectivity index is 2.47. The van der Waals surface area contributed by atoms with E-state index >= 15 is 0 Å². The first-order valence-corrected chi connectivity index (χ1v) is 5.88. The van der Waals surface area contributed by atoms with E-state index in [4.69, 9.17) is 11.6 Å². The molecule has 0 aliphatic carbocycles. The minimum absolute atomic E-state index is 0.0787. The first kappa shape index (κ1) is 14.5. The second kappa shape index (κ2) is 6.98. The van der Waals surface area contributed by atoms with E-state index in [-0.39, 0.29) is 24.9 Å². The third-order valence-corrected chi connectivity index (χ3v) is 2.49. The van der Waals surface area contributed by atoms with Gasteiger partial charge in [0.05, 0.1) is 23.8 Å². The fourth-order valence-corrected chi connectivity index (χ4v) is 1.60. The molecular formula is C12H16ClN3O2. The fourth-order valence-electron chi connectivity index (χ4n) is 1.32. The number of carbonyl (C=O) groups is 2. The van der Waals surface area contributed by atoms with Crippen molar-refractivity contribution in [1.82, 2.24) is 10.6 Å². The van der Waals surface area contributed by atoms with Gasteiger partial charge in [-0.05, 0) is 31.7 Å². The molecule has 0 aliphatic heterocycles. The lowest BCUT2D eigenvalue weighted by molar-refractivity contribution is -0.123. The maximum absolute atomic E-state index is 11.6. The van der Waals surface area contributed by atoms with Crippen LogP contribution in [0.4, 0.5) is 5.69 Å². The number of amides is 2. The van der Waals surface area contributed by atoms with Gasteiger partial charge in [-0.2, -0.15) is 0 Å². The highest BCUT2D eigenvalue weighted by Gasteiger charge is 2.07. The molecule has 1 aromatic carbocycles. The van der Waals surface area contributed by atoms with E-state index in [1.807, 2.05) is 13.0 Å². The number of hydrogen-bond donors (Lipinski definition) is 3. The molecule has 0 bridgehead atoms. The summed E-state index contributed by atoms with van der Waals surface area (Å²) in [6, 6.07) is 5.34. The van der Waals surface area contributed by atoms with Gasteiger partial charge in [-0.25, -0.2) is 0 Å². The summed E-state index contributed by atoms with van der Waals surface area (Å²) in [5.41, 5.74) is 1.55. The van der Waals surface area contributed by atoms with E-state index in [1.54, 1.807) is 19.2 Å². The summed E-state index contributed by atoms with van der Waals surface area (Å²) in [7, 11) is 1.66. The van der Waals surface area contributed by atoms with Crippen LogP contribution in [0.15, 0.2) is 18.2 Å². The zero-order valence-corrected chi connectivity index (χ0v) is 11.1. The fraction of sp³-hybridized carbons (Fsp3) is 0.333. The van der Waals surface area contributed by atoms with Crippen molar-refractivity contribution >= 4 is 29.1 Å². The van der Waals surface area contributed by atoms with Gasteiger partial charge < -0.3 is 16.0 Å². The van der Waals surface area contributed by atoms with Gasteiger partial charge in [-0.15, -0.1) is 0 Å². The minimum atomic E-state index is -0.315. The number of aryl methyl sites for hydroxylation is 1. The van der Waals surface area contributed by atoms with Crippen LogP contribution in [0.3, 0.4) is 0 Å². The van der Waals surface area contributed by atoms with Crippen LogP contribution in [-0.4, -0.2) is 32.0 Å². The summed E-state index contributed by atoms with van der Waals surface area (Å²) in [5.74, 6) is -0.548. The Morgan fingerprint density at radius 3 is 2.56 bits per heavy atom. The summed E-state index contributed by atoms with van der Waals surface area (Å²) in [4.78, 5) is 22.7. The molecule has 0 radical (unpaired) electrons. The molecule has 0 saturated heterocycles. The van der Waals surface area contributed by atoms with Gasteiger partial charge in [0.25, 0.3) is 0 Å². The zero-order valence-electron chi connectivity index (χ0n) is 10.3. The predicted octanol–water partition coefficient (Wildman–Crippen LogP) is 0.923. The Bertz CT molecular complexity index is 449. The van der Waals surface area contributed by atoms with Gasteiger partial charge >= 0.3 is 0 Å². The zero-order chi connectivity index (χ0) is 13.5. The van der Waals surface area contributed by atoms with Crippen molar-refractivity contribution < 1.29 is 9.59 Å². The van der Waals surface area contributed by atoms with Gasteiger partial charge in [0.1, 0.15) is 0 Å². The van der Waals surface area contributed by atoms with Crippen molar-refractivity contribution in [3.63, 3.8) is 0 Å². The molecule has 1 aromatic rings. The average molecular weight is 270 g/mol. The number of halogens is 1. The van der Waals surface area contributed by atoms with Crippen LogP contribution in [0.5, 0.6) is 0 Å². The van der Waals surface area contributed by atoms with E-state index in [0.29, 0.717) is 10.7 Å². The molecule has 2 amide bonds. The Hall–Kier alpha value is -1.59. The quantitative estimate of drug-likeness (QED) is 0.745. The van der Waals surface area contributed by atoms with Crippen molar-refractivity contribution in [3.05, 3.63) is 28.8 Å². The van der Waals surface area contributed by atoms with E-state index < -0.39 is 0 Å². The lowest BCUT2D eigenvalue weighted by Gasteiger charge is -2.08. The second-order valence-corrected chi connectivity index (χ2v) is 4.25. The molecule has 0 fully saturated rings. The number of benzene rings is 1. The van der Waals surface area contributed by atoms with Gasteiger partial charge in [0.15, 0.2) is 0 Å². The molecule has 0 saturated carbocycles. The SMILES string of the molecule is CNCC(=O)NCC(=O)Nc1ccc(C)cc1Cl. The maximum atomic E-state index is 11.6. The molecule has 0 atom stereocenters. The molecule has 0 unspecified atom stereocenters. The second-order valence-electron chi connectivity index (χ2n) is 3.84. The third kappa shape index (κ3) is 4.73. The highest BCUT2D eigenvalue weighted by molar-refractivity contribution is 6.33. The average Bonchev–Trinajstić information content (AvgIpc) is 2.31. The monoisotopic (exact) mass is 269 g/mol. The number of rotatable bonds is 5. The lowest BCUT2D eigenvalue weighted by Crippen LogP contribution is -2.37. The standard InChI is InChI=1S/C12H16ClN3O2/c1-8-3-4-10(9(13)5-8)16-12(18)7-15-11(17)6-14-2/h3-5,14H,6-7H2,1-2H3,(H,15,17)(H,16,18). The molecule has 0 aromatic heterocycles. The molecule has 0 aliphatic rings. The van der Waals surface area contributed by atoms with Crippen molar-refractivity contribution in [1.29, 1.82) is 0 Å². The van der Waals surface area contributed by atoms with E-state index in [0.717, 1.165) is 5.56 Å². The van der Waals surface area contributed by atoms with Gasteiger partial charge in [0, 0.05) is 0 Å². The largest absolute Gasteiger partial charge is 0.346 e. The van der Waals surface area contributed by atoms with Crippen LogP contribution >= 0.6 is 11.6 Å². The minimum Gasteiger partial charge on any atom is -0.346 e. The molecule has 1 rings (SSSR count). The van der Waals surface area contributed by atoms with Crippen LogP contribution in [-0.2, 0) is 9.59 Å². The van der Waals surface area contributed by atoms with Crippen LogP contribution in [0, 0.1) is 6.92 Å². The van der Waals surface area contributed by atoms with Crippen molar-refractivity contribution in [2.75, 3.05) is 25.5 Å². The summed E-state index contributed by atoms with van der Waals surface area (Å²) in [6.45, 7) is 2.01. The van der Waals surface area contributed by atoms with E-state index in [9.17, 15) is 9.59 Å². The lowest BCUT2D eigenvalue weighted by atomic mass is 10.2. The summed E-state index contributed by atoms with van der Waals surface area (Å²) < 4.78 is 0. The highest BCUT2D eigenvalue weighted by Crippen LogP contribution is 2.22. The first-order chi connectivity index (χ1) is 8.52. The van der Waals surface area contributed by atoms with E-state index in [2.05, 4.69) is 16.0 Å². The number of carbonyl (C=O) groups excluding carboxylic acids is 2. The topological polar surface area (TPSA) is 70.2 Å². The van der Waals surface area contributed by atoms with Crippen molar-refractivity contribution in [2.24, 2.45) is 0 Å². The number of hydrogen-bond acceptors (Lipinski definition) is 3. The van der Waals surface area contributed by atoms with Crippen LogP contribution < -0.4 is 16.0 Å². The summed E-state index contributed by atoms with van der Waals surface area (Å²) in [6.07, 6.45) is 0. The number of nitrogens with one attached hydrogen (secondary N) is 3. The molecule has 0 heterocycles. The van der Waals surface area contributed by atoms with Gasteiger partial charge in [-0.3, -0.25) is 9.59 Å². The van der Waals surface area contributed by atoms with Crippen LogP contribution in [0.25, 0.3) is 0 Å². The molecule has 98 valence electrons. The predicted molar refractivity (Wildman–Crippen MR) is 71.8 cm³/mol. The smallest absolute Gasteiger partial charge is 0.243 e. The molecule has 6 heteroatoms. The first-order valence-electron chi connectivity index (χ1n) is 5.50. The third-order valence-electron chi connectivity index (χ3n) is 2.18. The van der Waals surface area contributed by atoms with E-state index in [1.165, 1.54) is 0 Å². The van der Waals surface area contributed by atoms with Gasteiger partial charge in [-0.1, -0.05) is 17.7 Å². The number of anilines is 1. The van der Waals surface area contributed by atoms with Crippen LogP contribution in [0.1, 0.15) is 5.56 Å². The van der Waals surface area contributed by atoms with Crippen molar-refractivity contribution in [2.45, 2.75) is 6.92 Å². The Morgan fingerprint density at radius 2 is 1.94 bits per heavy atom. The Kier molecular flexibility index (Phi) is 5.61. The normalized spacial score (nSPS) is 9.94. The summed E-state index contributed by atoms with van der Waals surface area (Å²) >= 11 is 5.97. The molecule has 5 nitrogen and oxygen atoms in total. The Morgan fingerprint density at radius 1 is 1.22 bits per heavy atom. The molecule has 18 heavy (non-hydrogen) atoms. The molecule has 3 N–H and O–H groups in total. The van der Waals surface area contributed by atoms with Gasteiger partial charge in [0.2, 0.25) is 11.8 Å². The molecule has 0 spiro atoms. The van der Waals surface area contributed by atoms with Crippen molar-refractivity contribution in [3.8, 4) is 0 Å². The summed E-state index contributed by atoms with van der Waals surface area (Å²) in [5, 5.41) is 8.27. The van der Waals surface area contributed by atoms with Crippen LogP contribution in [0.2, 0.25) is 5.02 Å². The number of likely N-dealkylation sites (N-methyl/N-ethyl adjacent to an activating group) is 1.